The minimum Gasteiger partial charge on any atom is -0.481 e. The van der Waals surface area contributed by atoms with Crippen LogP contribution in [-0.2, 0) is 4.79 Å². The zero-order valence-electron chi connectivity index (χ0n) is 11.1. The van der Waals surface area contributed by atoms with Crippen molar-refractivity contribution in [2.24, 2.45) is 11.1 Å². The van der Waals surface area contributed by atoms with E-state index in [1.807, 2.05) is 0 Å². The molecule has 1 unspecified atom stereocenters. The van der Waals surface area contributed by atoms with Gasteiger partial charge in [0.1, 0.15) is 0 Å². The Hall–Kier alpha value is -0.390. The molecule has 2 rings (SSSR count). The number of nitrogens with two attached hydrogens (primary N) is 1. The van der Waals surface area contributed by atoms with E-state index in [1.165, 1.54) is 5.56 Å². The summed E-state index contributed by atoms with van der Waals surface area (Å²) in [6.45, 7) is 2.05. The van der Waals surface area contributed by atoms with Gasteiger partial charge in [-0.2, -0.15) is 0 Å². The Kier molecular flexibility index (Phi) is 4.69. The third-order valence-electron chi connectivity index (χ3n) is 4.09. The lowest BCUT2D eigenvalue weighted by Crippen LogP contribution is -2.26. The van der Waals surface area contributed by atoms with Gasteiger partial charge in [0.05, 0.1) is 10.2 Å². The Bertz CT molecular complexity index is 447. The van der Waals surface area contributed by atoms with Gasteiger partial charge in [-0.05, 0) is 59.2 Å². The number of carboxylic acid groups (broad SMARTS) is 1. The van der Waals surface area contributed by atoms with E-state index in [0.29, 0.717) is 0 Å². The third-order valence-corrected chi connectivity index (χ3v) is 6.35. The second kappa shape index (κ2) is 5.94. The van der Waals surface area contributed by atoms with E-state index >= 15 is 0 Å². The Morgan fingerprint density at radius 3 is 2.68 bits per heavy atom. The Morgan fingerprint density at radius 2 is 2.21 bits per heavy atom. The Morgan fingerprint density at radius 1 is 1.58 bits per heavy atom. The molecule has 1 aliphatic rings. The number of carboxylic acids is 1. The summed E-state index contributed by atoms with van der Waals surface area (Å²) in [4.78, 5) is 12.2. The van der Waals surface area contributed by atoms with Gasteiger partial charge in [0, 0.05) is 10.9 Å². The van der Waals surface area contributed by atoms with E-state index in [0.717, 1.165) is 40.8 Å². The molecule has 1 aliphatic carbocycles. The van der Waals surface area contributed by atoms with Crippen LogP contribution in [0.5, 0.6) is 0 Å². The van der Waals surface area contributed by atoms with Crippen molar-refractivity contribution in [3.05, 3.63) is 20.3 Å². The first kappa shape index (κ1) is 15.0. The van der Waals surface area contributed by atoms with Gasteiger partial charge in [-0.25, -0.2) is 0 Å². The molecule has 1 fully saturated rings. The fourth-order valence-electron chi connectivity index (χ4n) is 3.13. The lowest BCUT2D eigenvalue weighted by atomic mass is 9.77. The maximum atomic E-state index is 11.1. The molecule has 3 nitrogen and oxygen atoms in total. The molecule has 0 aliphatic heterocycles. The highest BCUT2D eigenvalue weighted by atomic mass is 79.9. The maximum absolute atomic E-state index is 11.1. The molecule has 1 aromatic heterocycles. The molecule has 3 N–H and O–H groups in total. The number of hydrogen-bond donors (Lipinski definition) is 2. The van der Waals surface area contributed by atoms with E-state index in [-0.39, 0.29) is 17.9 Å². The second-order valence-electron chi connectivity index (χ2n) is 5.69. The van der Waals surface area contributed by atoms with Gasteiger partial charge in [0.15, 0.2) is 0 Å². The molecule has 1 heterocycles. The van der Waals surface area contributed by atoms with Crippen LogP contribution in [0.3, 0.4) is 0 Å². The van der Waals surface area contributed by atoms with Crippen molar-refractivity contribution in [1.82, 2.24) is 0 Å². The minimum atomic E-state index is -0.697. The first-order chi connectivity index (χ1) is 8.92. The predicted molar refractivity (Wildman–Crippen MR) is 81.5 cm³/mol. The summed E-state index contributed by atoms with van der Waals surface area (Å²) in [7, 11) is 0. The van der Waals surface area contributed by atoms with Gasteiger partial charge in [0.25, 0.3) is 0 Å². The molecule has 0 spiro atoms. The summed E-state index contributed by atoms with van der Waals surface area (Å²) in [6, 6.07) is 2.07. The molecule has 0 radical (unpaired) electrons. The summed E-state index contributed by atoms with van der Waals surface area (Å²) in [5.41, 5.74) is 7.43. The summed E-state index contributed by atoms with van der Waals surface area (Å²) in [6.07, 6.45) is 5.30. The van der Waals surface area contributed by atoms with E-state index in [9.17, 15) is 4.79 Å². The van der Waals surface area contributed by atoms with Crippen molar-refractivity contribution in [1.29, 1.82) is 0 Å². The summed E-state index contributed by atoms with van der Waals surface area (Å²) in [5.74, 6) is -0.697. The van der Waals surface area contributed by atoms with Crippen LogP contribution in [0.4, 0.5) is 0 Å². The first-order valence-corrected chi connectivity index (χ1v) is 8.26. The van der Waals surface area contributed by atoms with Gasteiger partial charge in [-0.1, -0.05) is 12.8 Å². The third kappa shape index (κ3) is 3.58. The largest absolute Gasteiger partial charge is 0.481 e. The normalized spacial score (nSPS) is 19.5. The van der Waals surface area contributed by atoms with Gasteiger partial charge in [-0.3, -0.25) is 4.79 Å². The number of rotatable bonds is 5. The summed E-state index contributed by atoms with van der Waals surface area (Å²) < 4.78 is 1.12. The number of halogens is 1. The monoisotopic (exact) mass is 345 g/mol. The first-order valence-electron chi connectivity index (χ1n) is 6.65. The number of aliphatic carboxylic acids is 1. The smallest absolute Gasteiger partial charge is 0.303 e. The van der Waals surface area contributed by atoms with Gasteiger partial charge in [-0.15, -0.1) is 11.3 Å². The molecule has 0 saturated heterocycles. The topological polar surface area (TPSA) is 63.3 Å². The average Bonchev–Trinajstić information content (AvgIpc) is 2.87. The predicted octanol–water partition coefficient (Wildman–Crippen LogP) is 4.24. The fourth-order valence-corrected chi connectivity index (χ4v) is 4.70. The standard InChI is InChI=1S/C14H20BrNO2S/c1-9-6-11(19-13(9)15)10(16)7-14(8-12(17)18)4-2-3-5-14/h6,10H,2-5,7-8,16H2,1H3,(H,17,18). The van der Waals surface area contributed by atoms with Crippen LogP contribution in [0.25, 0.3) is 0 Å². The molecule has 106 valence electrons. The van der Waals surface area contributed by atoms with Crippen molar-refractivity contribution in [2.45, 2.75) is 51.5 Å². The van der Waals surface area contributed by atoms with Gasteiger partial charge in [0.2, 0.25) is 0 Å². The van der Waals surface area contributed by atoms with Crippen molar-refractivity contribution in [3.8, 4) is 0 Å². The van der Waals surface area contributed by atoms with E-state index in [4.69, 9.17) is 10.8 Å². The number of carbonyl (C=O) groups is 1. The molecule has 0 amide bonds. The molecular weight excluding hydrogens is 326 g/mol. The van der Waals surface area contributed by atoms with E-state index in [1.54, 1.807) is 11.3 Å². The molecular formula is C14H20BrNO2S. The van der Waals surface area contributed by atoms with Crippen molar-refractivity contribution >= 4 is 33.2 Å². The van der Waals surface area contributed by atoms with Crippen LogP contribution in [-0.4, -0.2) is 11.1 Å². The van der Waals surface area contributed by atoms with Crippen LogP contribution < -0.4 is 5.73 Å². The lowest BCUT2D eigenvalue weighted by Gasteiger charge is -2.29. The molecule has 1 saturated carbocycles. The molecule has 1 aromatic rings. The van der Waals surface area contributed by atoms with Crippen LogP contribution in [0, 0.1) is 12.3 Å². The number of aryl methyl sites for hydroxylation is 1. The lowest BCUT2D eigenvalue weighted by molar-refractivity contribution is -0.139. The molecule has 5 heteroatoms. The maximum Gasteiger partial charge on any atom is 0.303 e. The molecule has 1 atom stereocenters. The zero-order valence-corrected chi connectivity index (χ0v) is 13.5. The van der Waals surface area contributed by atoms with Crippen LogP contribution >= 0.6 is 27.3 Å². The van der Waals surface area contributed by atoms with Gasteiger partial charge >= 0.3 is 5.97 Å². The fraction of sp³-hybridized carbons (Fsp3) is 0.643. The van der Waals surface area contributed by atoms with Crippen LogP contribution in [0.1, 0.15) is 55.0 Å². The van der Waals surface area contributed by atoms with Crippen molar-refractivity contribution < 1.29 is 9.90 Å². The van der Waals surface area contributed by atoms with Crippen LogP contribution in [0.2, 0.25) is 0 Å². The highest BCUT2D eigenvalue weighted by Gasteiger charge is 2.37. The average molecular weight is 346 g/mol. The SMILES string of the molecule is Cc1cc(C(N)CC2(CC(=O)O)CCCC2)sc1Br. The number of hydrogen-bond acceptors (Lipinski definition) is 3. The Balaban J connectivity index is 2.10. The van der Waals surface area contributed by atoms with E-state index in [2.05, 4.69) is 28.9 Å². The zero-order chi connectivity index (χ0) is 14.0. The van der Waals surface area contributed by atoms with Crippen molar-refractivity contribution in [3.63, 3.8) is 0 Å². The summed E-state index contributed by atoms with van der Waals surface area (Å²) in [5, 5.41) is 9.13. The van der Waals surface area contributed by atoms with Crippen LogP contribution in [0.15, 0.2) is 9.85 Å². The minimum absolute atomic E-state index is 0.0487. The Labute approximate surface area is 126 Å². The summed E-state index contributed by atoms with van der Waals surface area (Å²) >= 11 is 5.19. The van der Waals surface area contributed by atoms with E-state index < -0.39 is 5.97 Å². The molecule has 19 heavy (non-hydrogen) atoms. The van der Waals surface area contributed by atoms with Gasteiger partial charge < -0.3 is 10.8 Å². The number of thiophene rings is 1. The quantitative estimate of drug-likeness (QED) is 0.838. The highest BCUT2D eigenvalue weighted by Crippen LogP contribution is 2.47. The van der Waals surface area contributed by atoms with Crippen molar-refractivity contribution in [2.75, 3.05) is 0 Å². The molecule has 0 aromatic carbocycles. The second-order valence-corrected chi connectivity index (χ2v) is 8.10. The molecule has 0 bridgehead atoms. The highest BCUT2D eigenvalue weighted by molar-refractivity contribution is 9.11.